The zero-order valence-electron chi connectivity index (χ0n) is 24.7. The number of carbonyl (C=O) groups excluding carboxylic acids is 2. The van der Waals surface area contributed by atoms with Crippen LogP contribution in [0.25, 0.3) is 0 Å². The maximum absolute atomic E-state index is 14.2. The Labute approximate surface area is 252 Å². The predicted molar refractivity (Wildman–Crippen MR) is 150 cm³/mol. The van der Waals surface area contributed by atoms with Crippen LogP contribution in [0.5, 0.6) is 5.75 Å². The van der Waals surface area contributed by atoms with Crippen molar-refractivity contribution in [3.8, 4) is 5.75 Å². The first-order valence-corrected chi connectivity index (χ1v) is 16.4. The molecule has 0 heterocycles. The number of urea groups is 1. The van der Waals surface area contributed by atoms with E-state index in [1.807, 2.05) is 0 Å². The lowest BCUT2D eigenvalue weighted by atomic mass is 9.74. The third-order valence-electron chi connectivity index (χ3n) is 8.55. The standard InChI is InChI=1S/C30H35F5N2O6S/c1-16-19(29(38)43-28-24(34)22(32)21(31)23(33)25(28)35)14-15-20(44(3,40)41)27(16)37(42-2)30(39)36-26(17-10-6-4-7-11-17)18-12-8-5-9-13-18/h14-15,17-18,26H,4-13H2,1-3H3,(H,36,39). The second-order valence-electron chi connectivity index (χ2n) is 11.4. The summed E-state index contributed by atoms with van der Waals surface area (Å²) in [7, 11) is -2.93. The Bertz CT molecular complexity index is 1480. The van der Waals surface area contributed by atoms with E-state index >= 15 is 0 Å². The van der Waals surface area contributed by atoms with Gasteiger partial charge in [-0.05, 0) is 62.1 Å². The SMILES string of the molecule is CON(C(=O)NC(C1CCCCC1)C1CCCCC1)c1c(S(C)(=O)=O)ccc(C(=O)Oc2c(F)c(F)c(F)c(F)c2F)c1C. The van der Waals surface area contributed by atoms with E-state index in [9.17, 15) is 40.0 Å². The number of hydrogen-bond acceptors (Lipinski definition) is 6. The lowest BCUT2D eigenvalue weighted by Crippen LogP contribution is -2.51. The van der Waals surface area contributed by atoms with Crippen LogP contribution in [0.1, 0.15) is 80.1 Å². The largest absolute Gasteiger partial charge is 0.416 e. The summed E-state index contributed by atoms with van der Waals surface area (Å²) in [5.41, 5.74) is -1.10. The average Bonchev–Trinajstić information content (AvgIpc) is 3.01. The Balaban J connectivity index is 1.73. The molecule has 2 saturated carbocycles. The smallest absolute Gasteiger partial charge is 0.346 e. The van der Waals surface area contributed by atoms with Gasteiger partial charge in [0, 0.05) is 12.3 Å². The van der Waals surface area contributed by atoms with Gasteiger partial charge in [0.05, 0.1) is 23.3 Å². The number of esters is 1. The number of rotatable bonds is 8. The molecule has 0 aromatic heterocycles. The maximum atomic E-state index is 14.2. The van der Waals surface area contributed by atoms with Crippen molar-refractivity contribution in [2.75, 3.05) is 18.4 Å². The van der Waals surface area contributed by atoms with Gasteiger partial charge in [-0.15, -0.1) is 0 Å². The molecule has 0 radical (unpaired) electrons. The number of nitrogens with one attached hydrogen (secondary N) is 1. The van der Waals surface area contributed by atoms with Gasteiger partial charge in [0.25, 0.3) is 0 Å². The van der Waals surface area contributed by atoms with E-state index in [4.69, 9.17) is 4.84 Å². The van der Waals surface area contributed by atoms with Crippen molar-refractivity contribution in [2.45, 2.75) is 82.1 Å². The molecule has 2 aliphatic carbocycles. The number of sulfone groups is 1. The quantitative estimate of drug-likeness (QED) is 0.0835. The lowest BCUT2D eigenvalue weighted by molar-refractivity contribution is 0.0714. The number of hydroxylamine groups is 1. The van der Waals surface area contributed by atoms with Crippen molar-refractivity contribution < 1.29 is 49.5 Å². The molecule has 0 unspecified atom stereocenters. The molecule has 2 aromatic rings. The number of amides is 2. The van der Waals surface area contributed by atoms with Crippen LogP contribution >= 0.6 is 0 Å². The van der Waals surface area contributed by atoms with E-state index in [0.717, 1.165) is 89.7 Å². The molecule has 44 heavy (non-hydrogen) atoms. The molecule has 2 amide bonds. The minimum absolute atomic E-state index is 0.204. The van der Waals surface area contributed by atoms with Crippen LogP contribution in [0.15, 0.2) is 17.0 Å². The van der Waals surface area contributed by atoms with E-state index < -0.39 is 67.1 Å². The highest BCUT2D eigenvalue weighted by molar-refractivity contribution is 7.90. The van der Waals surface area contributed by atoms with E-state index in [1.165, 1.54) is 6.92 Å². The second-order valence-corrected chi connectivity index (χ2v) is 13.4. The summed E-state index contributed by atoms with van der Waals surface area (Å²) in [5.74, 6) is -14.8. The van der Waals surface area contributed by atoms with Crippen molar-refractivity contribution in [1.29, 1.82) is 0 Å². The van der Waals surface area contributed by atoms with Crippen molar-refractivity contribution >= 4 is 27.5 Å². The third-order valence-corrected chi connectivity index (χ3v) is 9.68. The van der Waals surface area contributed by atoms with Crippen molar-refractivity contribution in [2.24, 2.45) is 11.8 Å². The van der Waals surface area contributed by atoms with Gasteiger partial charge in [-0.3, -0.25) is 4.84 Å². The minimum Gasteiger partial charge on any atom is -0.416 e. The number of anilines is 1. The zero-order valence-corrected chi connectivity index (χ0v) is 25.5. The Morgan fingerprint density at radius 1 is 0.841 bits per heavy atom. The monoisotopic (exact) mass is 646 g/mol. The molecule has 4 rings (SSSR count). The van der Waals surface area contributed by atoms with Crippen LogP contribution in [0.2, 0.25) is 0 Å². The summed E-state index contributed by atoms with van der Waals surface area (Å²) in [4.78, 5) is 31.8. The number of hydrogen-bond donors (Lipinski definition) is 1. The second kappa shape index (κ2) is 13.8. The number of benzene rings is 2. The molecule has 14 heteroatoms. The Morgan fingerprint density at radius 2 is 1.32 bits per heavy atom. The van der Waals surface area contributed by atoms with Gasteiger partial charge in [-0.2, -0.15) is 13.8 Å². The van der Waals surface area contributed by atoms with E-state index in [0.29, 0.717) is 5.06 Å². The first-order chi connectivity index (χ1) is 20.8. The van der Waals surface area contributed by atoms with Crippen LogP contribution < -0.4 is 15.1 Å². The fourth-order valence-electron chi connectivity index (χ4n) is 6.35. The van der Waals surface area contributed by atoms with E-state index in [-0.39, 0.29) is 29.1 Å². The summed E-state index contributed by atoms with van der Waals surface area (Å²) < 4.78 is 99.5. The first-order valence-electron chi connectivity index (χ1n) is 14.5. The highest BCUT2D eigenvalue weighted by Crippen LogP contribution is 2.38. The lowest BCUT2D eigenvalue weighted by Gasteiger charge is -2.39. The Hall–Kier alpha value is -3.26. The van der Waals surface area contributed by atoms with E-state index in [2.05, 4.69) is 10.1 Å². The Morgan fingerprint density at radius 3 is 1.77 bits per heavy atom. The fraction of sp³-hybridized carbons (Fsp3) is 0.533. The van der Waals surface area contributed by atoms with Gasteiger partial charge in [-0.1, -0.05) is 38.5 Å². The van der Waals surface area contributed by atoms with Crippen LogP contribution in [0.3, 0.4) is 0 Å². The molecule has 0 spiro atoms. The fourth-order valence-corrected chi connectivity index (χ4v) is 7.26. The van der Waals surface area contributed by atoms with Gasteiger partial charge >= 0.3 is 12.0 Å². The summed E-state index contributed by atoms with van der Waals surface area (Å²) in [5, 5.41) is 3.76. The summed E-state index contributed by atoms with van der Waals surface area (Å²) in [6, 6.07) is 0.922. The zero-order chi connectivity index (χ0) is 32.3. The molecule has 2 fully saturated rings. The number of nitrogens with zero attached hydrogens (tertiary/aromatic N) is 1. The van der Waals surface area contributed by atoms with Crippen molar-refractivity contribution in [3.05, 3.63) is 52.3 Å². The molecular formula is C30H35F5N2O6S. The number of carbonyl (C=O) groups is 2. The van der Waals surface area contributed by atoms with Crippen LogP contribution in [0.4, 0.5) is 32.4 Å². The van der Waals surface area contributed by atoms with Gasteiger partial charge in [0.15, 0.2) is 9.84 Å². The van der Waals surface area contributed by atoms with Crippen molar-refractivity contribution in [3.63, 3.8) is 0 Å². The molecule has 0 saturated heterocycles. The molecule has 0 aliphatic heterocycles. The average molecular weight is 647 g/mol. The van der Waals surface area contributed by atoms with Crippen molar-refractivity contribution in [1.82, 2.24) is 5.32 Å². The molecule has 0 atom stereocenters. The minimum atomic E-state index is -4.06. The Kier molecular flexibility index (Phi) is 10.5. The highest BCUT2D eigenvalue weighted by Gasteiger charge is 2.36. The number of halogens is 5. The third kappa shape index (κ3) is 6.85. The number of ether oxygens (including phenoxy) is 1. The van der Waals surface area contributed by atoms with Gasteiger partial charge in [0.2, 0.25) is 34.8 Å². The van der Waals surface area contributed by atoms with Gasteiger partial charge in [-0.25, -0.2) is 31.2 Å². The molecule has 242 valence electrons. The van der Waals surface area contributed by atoms with Crippen LogP contribution in [-0.2, 0) is 14.7 Å². The van der Waals surface area contributed by atoms with Gasteiger partial charge < -0.3 is 10.1 Å². The molecule has 2 aromatic carbocycles. The summed E-state index contributed by atoms with van der Waals surface area (Å²) >= 11 is 0. The molecule has 1 N–H and O–H groups in total. The molecule has 2 aliphatic rings. The van der Waals surface area contributed by atoms with E-state index in [1.54, 1.807) is 0 Å². The summed E-state index contributed by atoms with van der Waals surface area (Å²) in [6.45, 7) is 1.23. The van der Waals surface area contributed by atoms with Gasteiger partial charge in [0.1, 0.15) is 0 Å². The highest BCUT2D eigenvalue weighted by atomic mass is 32.2. The topological polar surface area (TPSA) is 102 Å². The predicted octanol–water partition coefficient (Wildman–Crippen LogP) is 6.92. The van der Waals surface area contributed by atoms with Crippen LogP contribution in [-0.4, -0.2) is 39.8 Å². The first kappa shape index (κ1) is 33.6. The normalized spacial score (nSPS) is 16.7. The molecular weight excluding hydrogens is 611 g/mol. The molecule has 8 nitrogen and oxygen atoms in total. The van der Waals surface area contributed by atoms with Crippen LogP contribution in [0, 0.1) is 47.8 Å². The summed E-state index contributed by atoms with van der Waals surface area (Å²) in [6.07, 6.45) is 10.9. The maximum Gasteiger partial charge on any atom is 0.346 e. The molecule has 0 bridgehead atoms.